The molecule has 0 atom stereocenters. The zero-order valence-corrected chi connectivity index (χ0v) is 20.0. The van der Waals surface area contributed by atoms with Crippen LogP contribution in [-0.4, -0.2) is 64.7 Å². The van der Waals surface area contributed by atoms with Crippen LogP contribution in [0.15, 0.2) is 36.9 Å². The molecule has 0 spiro atoms. The number of pyridine rings is 2. The quantitative estimate of drug-likeness (QED) is 0.455. The van der Waals surface area contributed by atoms with E-state index in [-0.39, 0.29) is 23.9 Å². The number of rotatable bonds is 6. The molecule has 0 radical (unpaired) electrons. The number of nitrogens with zero attached hydrogens (tertiary/aromatic N) is 9. The fraction of sp³-hybridized carbons (Fsp3) is 0.375. The lowest BCUT2D eigenvalue weighted by Crippen LogP contribution is -2.52. The van der Waals surface area contributed by atoms with E-state index in [2.05, 4.69) is 50.6 Å². The number of carbonyl (C=O) groups is 1. The average Bonchev–Trinajstić information content (AvgIpc) is 3.44. The number of carbonyl (C=O) groups excluding carboxylic acids is 1. The summed E-state index contributed by atoms with van der Waals surface area (Å²) in [6.07, 6.45) is 6.85. The summed E-state index contributed by atoms with van der Waals surface area (Å²) in [6, 6.07) is 6.05. The van der Waals surface area contributed by atoms with E-state index in [9.17, 15) is 4.79 Å². The largest absolute Gasteiger partial charge is 0.382 e. The number of hydrogen-bond donors (Lipinski definition) is 1. The van der Waals surface area contributed by atoms with Gasteiger partial charge < -0.3 is 10.2 Å². The van der Waals surface area contributed by atoms with Crippen molar-refractivity contribution in [1.29, 1.82) is 5.26 Å². The van der Waals surface area contributed by atoms with Crippen LogP contribution >= 0.6 is 0 Å². The van der Waals surface area contributed by atoms with Crippen molar-refractivity contribution in [2.45, 2.75) is 39.8 Å². The molecule has 5 rings (SSSR count). The van der Waals surface area contributed by atoms with E-state index in [1.165, 1.54) is 6.20 Å². The second-order valence-electron chi connectivity index (χ2n) is 9.33. The predicted molar refractivity (Wildman–Crippen MR) is 130 cm³/mol. The van der Waals surface area contributed by atoms with Crippen molar-refractivity contribution < 1.29 is 4.79 Å². The van der Waals surface area contributed by atoms with Gasteiger partial charge in [0, 0.05) is 60.1 Å². The van der Waals surface area contributed by atoms with Crippen molar-refractivity contribution in [3.05, 3.63) is 42.5 Å². The summed E-state index contributed by atoms with van der Waals surface area (Å²) in [6.45, 7) is 9.22. The number of fused-ring (bicyclic) bond motifs is 1. The fourth-order valence-corrected chi connectivity index (χ4v) is 4.09. The van der Waals surface area contributed by atoms with Crippen LogP contribution in [0.2, 0.25) is 0 Å². The van der Waals surface area contributed by atoms with Gasteiger partial charge in [-0.2, -0.15) is 15.0 Å². The summed E-state index contributed by atoms with van der Waals surface area (Å²) in [5, 5.41) is 26.5. The number of amides is 1. The Kier molecular flexibility index (Phi) is 5.64. The van der Waals surface area contributed by atoms with E-state index in [0.29, 0.717) is 35.8 Å². The molecular weight excluding hydrogens is 444 g/mol. The summed E-state index contributed by atoms with van der Waals surface area (Å²) >= 11 is 0. The molecule has 11 heteroatoms. The fourth-order valence-electron chi connectivity index (χ4n) is 4.09. The lowest BCUT2D eigenvalue weighted by Gasteiger charge is -2.39. The van der Waals surface area contributed by atoms with Crippen LogP contribution in [0.1, 0.15) is 39.3 Å². The van der Waals surface area contributed by atoms with Gasteiger partial charge in [-0.1, -0.05) is 19.1 Å². The molecule has 0 aliphatic carbocycles. The van der Waals surface area contributed by atoms with Crippen LogP contribution in [0.3, 0.4) is 0 Å². The first-order chi connectivity index (χ1) is 16.8. The molecule has 0 bridgehead atoms. The van der Waals surface area contributed by atoms with Gasteiger partial charge in [0.2, 0.25) is 5.91 Å². The van der Waals surface area contributed by atoms with Gasteiger partial charge in [-0.05, 0) is 19.9 Å². The smallest absolute Gasteiger partial charge is 0.225 e. The second-order valence-corrected chi connectivity index (χ2v) is 9.33. The Labute approximate surface area is 202 Å². The zero-order valence-electron chi connectivity index (χ0n) is 20.0. The maximum absolute atomic E-state index is 12.2. The summed E-state index contributed by atoms with van der Waals surface area (Å²) in [7, 11) is 0. The monoisotopic (exact) mass is 470 g/mol. The number of anilines is 1. The molecule has 178 valence electrons. The Bertz CT molecular complexity index is 1440. The Morgan fingerprint density at radius 2 is 1.94 bits per heavy atom. The predicted octanol–water partition coefficient (Wildman–Crippen LogP) is 2.81. The highest BCUT2D eigenvalue weighted by molar-refractivity contribution is 5.80. The van der Waals surface area contributed by atoms with Crippen molar-refractivity contribution in [1.82, 2.24) is 39.6 Å². The molecule has 5 heterocycles. The Balaban J connectivity index is 1.44. The first-order valence-electron chi connectivity index (χ1n) is 11.6. The van der Waals surface area contributed by atoms with Gasteiger partial charge in [0.1, 0.15) is 11.8 Å². The number of nitriles is 1. The first kappa shape index (κ1) is 22.5. The van der Waals surface area contributed by atoms with Crippen molar-refractivity contribution in [3.8, 4) is 23.1 Å². The van der Waals surface area contributed by atoms with E-state index in [1.807, 2.05) is 35.7 Å². The molecule has 11 nitrogen and oxygen atoms in total. The van der Waals surface area contributed by atoms with Gasteiger partial charge in [-0.15, -0.1) is 5.10 Å². The molecule has 1 aliphatic rings. The van der Waals surface area contributed by atoms with Crippen LogP contribution < -0.4 is 5.32 Å². The molecular formula is C24H26N10O. The average molecular weight is 471 g/mol. The normalized spacial score (nSPS) is 13.9. The minimum Gasteiger partial charge on any atom is -0.382 e. The number of aromatic nitrogens is 7. The summed E-state index contributed by atoms with van der Waals surface area (Å²) in [5.41, 5.74) is 3.46. The van der Waals surface area contributed by atoms with Gasteiger partial charge in [-0.3, -0.25) is 4.79 Å². The standard InChI is InChI=1S/C24H26N10O/c1-14(2)24(35)32-11-18(12-32)33-13-21(30-31-33)19-10-26-22(6-20(19)29-15(3)4)34-23-17(9-28-34)5-16(7-25)8-27-23/h5-6,8-10,13-15,18H,11-12H2,1-4H3,(H,26,29). The van der Waals surface area contributed by atoms with E-state index in [4.69, 9.17) is 5.26 Å². The lowest BCUT2D eigenvalue weighted by atomic mass is 10.1. The van der Waals surface area contributed by atoms with E-state index < -0.39 is 0 Å². The highest BCUT2D eigenvalue weighted by Gasteiger charge is 2.33. The number of likely N-dealkylation sites (tertiary alicyclic amines) is 1. The third kappa shape index (κ3) is 4.19. The third-order valence-corrected chi connectivity index (χ3v) is 5.92. The van der Waals surface area contributed by atoms with Gasteiger partial charge in [0.15, 0.2) is 11.5 Å². The Hall–Kier alpha value is -4.33. The molecule has 1 aliphatic heterocycles. The minimum absolute atomic E-state index is 0.00739. The van der Waals surface area contributed by atoms with Crippen molar-refractivity contribution in [3.63, 3.8) is 0 Å². The highest BCUT2D eigenvalue weighted by Crippen LogP contribution is 2.30. The van der Waals surface area contributed by atoms with E-state index in [1.54, 1.807) is 23.1 Å². The summed E-state index contributed by atoms with van der Waals surface area (Å²) < 4.78 is 3.47. The second kappa shape index (κ2) is 8.79. The molecule has 35 heavy (non-hydrogen) atoms. The van der Waals surface area contributed by atoms with E-state index >= 15 is 0 Å². The van der Waals surface area contributed by atoms with Crippen molar-refractivity contribution in [2.75, 3.05) is 18.4 Å². The third-order valence-electron chi connectivity index (χ3n) is 5.92. The van der Waals surface area contributed by atoms with Crippen LogP contribution in [0.4, 0.5) is 5.69 Å². The van der Waals surface area contributed by atoms with Crippen LogP contribution in [0, 0.1) is 17.2 Å². The lowest BCUT2D eigenvalue weighted by molar-refractivity contribution is -0.140. The van der Waals surface area contributed by atoms with Crippen molar-refractivity contribution in [2.24, 2.45) is 5.92 Å². The first-order valence-corrected chi connectivity index (χ1v) is 11.6. The summed E-state index contributed by atoms with van der Waals surface area (Å²) in [4.78, 5) is 23.0. The van der Waals surface area contributed by atoms with Crippen molar-refractivity contribution >= 4 is 22.6 Å². The Morgan fingerprint density at radius 1 is 1.14 bits per heavy atom. The highest BCUT2D eigenvalue weighted by atomic mass is 16.2. The van der Waals surface area contributed by atoms with Crippen LogP contribution in [0.5, 0.6) is 0 Å². The van der Waals surface area contributed by atoms with Gasteiger partial charge in [0.05, 0.1) is 24.0 Å². The molecule has 1 N–H and O–H groups in total. The number of hydrogen-bond acceptors (Lipinski definition) is 8. The molecule has 4 aromatic heterocycles. The van der Waals surface area contributed by atoms with Gasteiger partial charge in [0.25, 0.3) is 0 Å². The molecule has 0 saturated carbocycles. The molecule has 1 fully saturated rings. The molecule has 0 unspecified atom stereocenters. The van der Waals surface area contributed by atoms with E-state index in [0.717, 1.165) is 16.6 Å². The van der Waals surface area contributed by atoms with Gasteiger partial charge >= 0.3 is 0 Å². The topological polar surface area (TPSA) is 130 Å². The zero-order chi connectivity index (χ0) is 24.7. The minimum atomic E-state index is -0.00739. The molecule has 0 aromatic carbocycles. The number of nitrogens with one attached hydrogen (secondary N) is 1. The Morgan fingerprint density at radius 3 is 2.66 bits per heavy atom. The molecule has 4 aromatic rings. The SMILES string of the molecule is CC(C)Nc1cc(-n2ncc3cc(C#N)cnc32)ncc1-c1cn(C2CN(C(=O)C(C)C)C2)nn1. The van der Waals surface area contributed by atoms with Crippen LogP contribution in [0.25, 0.3) is 28.1 Å². The van der Waals surface area contributed by atoms with Crippen LogP contribution in [-0.2, 0) is 4.79 Å². The molecule has 1 saturated heterocycles. The molecule has 1 amide bonds. The summed E-state index contributed by atoms with van der Waals surface area (Å²) in [5.74, 6) is 0.750. The maximum Gasteiger partial charge on any atom is 0.225 e. The maximum atomic E-state index is 12.2. The van der Waals surface area contributed by atoms with Gasteiger partial charge in [-0.25, -0.2) is 14.6 Å².